The Hall–Kier alpha value is -1.32. The van der Waals surface area contributed by atoms with Crippen LogP contribution in [-0.2, 0) is 11.3 Å². The first-order chi connectivity index (χ1) is 7.54. The zero-order chi connectivity index (χ0) is 11.8. The van der Waals surface area contributed by atoms with E-state index in [0.717, 1.165) is 13.0 Å². The molecule has 1 N–H and O–H groups in total. The number of imidazole rings is 1. The summed E-state index contributed by atoms with van der Waals surface area (Å²) in [5.74, 6) is 0.369. The van der Waals surface area contributed by atoms with E-state index in [4.69, 9.17) is 0 Å². The number of aryl methyl sites for hydroxylation is 1. The van der Waals surface area contributed by atoms with Crippen LogP contribution in [0, 0.1) is 0 Å². The summed E-state index contributed by atoms with van der Waals surface area (Å²) in [5, 5.41) is 3.02. The van der Waals surface area contributed by atoms with Crippen molar-refractivity contribution in [2.75, 3.05) is 0 Å². The predicted molar refractivity (Wildman–Crippen MR) is 62.1 cm³/mol. The largest absolute Gasteiger partial charge is 0.351 e. The van der Waals surface area contributed by atoms with Gasteiger partial charge in [0.25, 0.3) is 0 Å². The van der Waals surface area contributed by atoms with Crippen molar-refractivity contribution in [3.63, 3.8) is 0 Å². The van der Waals surface area contributed by atoms with Gasteiger partial charge in [0.2, 0.25) is 5.91 Å². The molecule has 1 aromatic rings. The lowest BCUT2D eigenvalue weighted by Crippen LogP contribution is -2.39. The second-order valence-electron chi connectivity index (χ2n) is 5.04. The van der Waals surface area contributed by atoms with E-state index in [1.165, 1.54) is 5.69 Å². The van der Waals surface area contributed by atoms with Gasteiger partial charge in [0.15, 0.2) is 0 Å². The molecule has 4 heteroatoms. The minimum Gasteiger partial charge on any atom is -0.351 e. The first kappa shape index (κ1) is 11.2. The molecule has 4 nitrogen and oxygen atoms in total. The van der Waals surface area contributed by atoms with E-state index in [2.05, 4.69) is 35.6 Å². The highest BCUT2D eigenvalue weighted by molar-refractivity contribution is 5.81. The smallest absolute Gasteiger partial charge is 0.221 e. The lowest BCUT2D eigenvalue weighted by Gasteiger charge is -2.27. The van der Waals surface area contributed by atoms with Crippen molar-refractivity contribution in [3.8, 4) is 0 Å². The summed E-state index contributed by atoms with van der Waals surface area (Å²) in [5.41, 5.74) is 1.01. The molecule has 0 saturated carbocycles. The maximum absolute atomic E-state index is 11.5. The summed E-state index contributed by atoms with van der Waals surface area (Å²) in [7, 11) is 0. The van der Waals surface area contributed by atoms with Gasteiger partial charge in [-0.05, 0) is 20.3 Å². The van der Waals surface area contributed by atoms with E-state index in [1.54, 1.807) is 0 Å². The van der Waals surface area contributed by atoms with Gasteiger partial charge in [-0.25, -0.2) is 4.98 Å². The quantitative estimate of drug-likeness (QED) is 0.844. The number of nitrogens with one attached hydrogen (secondary N) is 1. The SMILES string of the molecule is CCCn1cncc1C1CC(=O)NC1(C)C. The summed E-state index contributed by atoms with van der Waals surface area (Å²) in [6.45, 7) is 7.26. The van der Waals surface area contributed by atoms with Gasteiger partial charge in [-0.3, -0.25) is 4.79 Å². The molecule has 1 fully saturated rings. The Labute approximate surface area is 96.1 Å². The maximum Gasteiger partial charge on any atom is 0.221 e. The lowest BCUT2D eigenvalue weighted by molar-refractivity contribution is -0.119. The molecule has 1 unspecified atom stereocenters. The van der Waals surface area contributed by atoms with E-state index in [1.807, 2.05) is 12.5 Å². The van der Waals surface area contributed by atoms with Crippen LogP contribution in [0.2, 0.25) is 0 Å². The molecule has 0 aliphatic carbocycles. The van der Waals surface area contributed by atoms with Crippen molar-refractivity contribution >= 4 is 5.91 Å². The topological polar surface area (TPSA) is 46.9 Å². The van der Waals surface area contributed by atoms with E-state index in [-0.39, 0.29) is 17.4 Å². The van der Waals surface area contributed by atoms with E-state index >= 15 is 0 Å². The highest BCUT2D eigenvalue weighted by Gasteiger charge is 2.41. The zero-order valence-corrected chi connectivity index (χ0v) is 10.2. The summed E-state index contributed by atoms with van der Waals surface area (Å²) in [6.07, 6.45) is 5.40. The fourth-order valence-electron chi connectivity index (χ4n) is 2.46. The van der Waals surface area contributed by atoms with E-state index in [0.29, 0.717) is 6.42 Å². The molecule has 88 valence electrons. The Balaban J connectivity index is 2.29. The molecule has 1 saturated heterocycles. The van der Waals surface area contributed by atoms with Crippen LogP contribution < -0.4 is 5.32 Å². The Kier molecular flexibility index (Phi) is 2.74. The van der Waals surface area contributed by atoms with Crippen molar-refractivity contribution in [2.45, 2.75) is 51.6 Å². The van der Waals surface area contributed by atoms with Crippen molar-refractivity contribution in [2.24, 2.45) is 0 Å². The average Bonchev–Trinajstić information content (AvgIpc) is 2.70. The van der Waals surface area contributed by atoms with Crippen molar-refractivity contribution < 1.29 is 4.79 Å². The van der Waals surface area contributed by atoms with Crippen LogP contribution in [0.3, 0.4) is 0 Å². The molecule has 2 heterocycles. The molecule has 1 aliphatic heterocycles. The van der Waals surface area contributed by atoms with Crippen molar-refractivity contribution in [1.29, 1.82) is 0 Å². The summed E-state index contributed by atoms with van der Waals surface area (Å²) >= 11 is 0. The molecular formula is C12H19N3O. The second-order valence-corrected chi connectivity index (χ2v) is 5.04. The standard InChI is InChI=1S/C12H19N3O/c1-4-5-15-8-13-7-10(15)9-6-11(16)14-12(9,2)3/h7-9H,4-6H2,1-3H3,(H,14,16). The fraction of sp³-hybridized carbons (Fsp3) is 0.667. The maximum atomic E-state index is 11.5. The predicted octanol–water partition coefficient (Wildman–Crippen LogP) is 1.68. The molecule has 0 spiro atoms. The number of hydrogen-bond acceptors (Lipinski definition) is 2. The first-order valence-electron chi connectivity index (χ1n) is 5.85. The van der Waals surface area contributed by atoms with Crippen LogP contribution in [0.5, 0.6) is 0 Å². The number of rotatable bonds is 3. The van der Waals surface area contributed by atoms with Crippen LogP contribution in [0.15, 0.2) is 12.5 Å². The second kappa shape index (κ2) is 3.92. The van der Waals surface area contributed by atoms with Gasteiger partial charge >= 0.3 is 0 Å². The molecule has 1 atom stereocenters. The summed E-state index contributed by atoms with van der Waals surface area (Å²) in [4.78, 5) is 15.7. The van der Waals surface area contributed by atoms with Crippen LogP contribution in [0.25, 0.3) is 0 Å². The molecule has 0 radical (unpaired) electrons. The van der Waals surface area contributed by atoms with Gasteiger partial charge in [0.05, 0.1) is 6.33 Å². The van der Waals surface area contributed by atoms with Crippen LogP contribution in [0.4, 0.5) is 0 Å². The number of carbonyl (C=O) groups excluding carboxylic acids is 1. The third kappa shape index (κ3) is 1.84. The molecule has 16 heavy (non-hydrogen) atoms. The summed E-state index contributed by atoms with van der Waals surface area (Å²) < 4.78 is 2.16. The lowest BCUT2D eigenvalue weighted by atomic mass is 9.86. The van der Waals surface area contributed by atoms with Gasteiger partial charge in [-0.1, -0.05) is 6.92 Å². The molecule has 1 aromatic heterocycles. The fourth-order valence-corrected chi connectivity index (χ4v) is 2.46. The van der Waals surface area contributed by atoms with E-state index < -0.39 is 0 Å². The minimum atomic E-state index is -0.164. The van der Waals surface area contributed by atoms with Crippen LogP contribution in [-0.4, -0.2) is 21.0 Å². The number of aromatic nitrogens is 2. The Bertz CT molecular complexity index is 395. The number of carbonyl (C=O) groups is 1. The van der Waals surface area contributed by atoms with Crippen LogP contribution >= 0.6 is 0 Å². The number of hydrogen-bond donors (Lipinski definition) is 1. The highest BCUT2D eigenvalue weighted by Crippen LogP contribution is 2.35. The van der Waals surface area contributed by atoms with Gasteiger partial charge in [-0.15, -0.1) is 0 Å². The summed E-state index contributed by atoms with van der Waals surface area (Å²) in [6, 6.07) is 0. The molecular weight excluding hydrogens is 202 g/mol. The van der Waals surface area contributed by atoms with Crippen molar-refractivity contribution in [3.05, 3.63) is 18.2 Å². The van der Waals surface area contributed by atoms with Gasteiger partial charge in [-0.2, -0.15) is 0 Å². The number of nitrogens with zero attached hydrogens (tertiary/aromatic N) is 2. The Morgan fingerprint density at radius 1 is 1.62 bits per heavy atom. The van der Waals surface area contributed by atoms with Gasteiger partial charge < -0.3 is 9.88 Å². The average molecular weight is 221 g/mol. The molecule has 2 rings (SSSR count). The zero-order valence-electron chi connectivity index (χ0n) is 10.2. The third-order valence-electron chi connectivity index (χ3n) is 3.29. The Morgan fingerprint density at radius 2 is 2.38 bits per heavy atom. The molecule has 0 bridgehead atoms. The normalized spacial score (nSPS) is 23.4. The molecule has 1 aliphatic rings. The van der Waals surface area contributed by atoms with E-state index in [9.17, 15) is 4.79 Å². The highest BCUT2D eigenvalue weighted by atomic mass is 16.2. The Morgan fingerprint density at radius 3 is 2.94 bits per heavy atom. The van der Waals surface area contributed by atoms with Gasteiger partial charge in [0, 0.05) is 36.3 Å². The monoisotopic (exact) mass is 221 g/mol. The number of amides is 1. The minimum absolute atomic E-state index is 0.138. The molecule has 0 aromatic carbocycles. The van der Waals surface area contributed by atoms with Crippen LogP contribution in [0.1, 0.15) is 45.2 Å². The third-order valence-corrected chi connectivity index (χ3v) is 3.29. The van der Waals surface area contributed by atoms with Gasteiger partial charge in [0.1, 0.15) is 0 Å². The van der Waals surface area contributed by atoms with Crippen molar-refractivity contribution in [1.82, 2.24) is 14.9 Å². The first-order valence-corrected chi connectivity index (χ1v) is 5.85. The molecule has 1 amide bonds.